The summed E-state index contributed by atoms with van der Waals surface area (Å²) in [5.74, 6) is 0.522. The number of nitrogens with zero attached hydrogens (tertiary/aromatic N) is 2. The monoisotopic (exact) mass is 348 g/mol. The molecule has 1 saturated heterocycles. The number of hydrogen-bond donors (Lipinski definition) is 1. The van der Waals surface area contributed by atoms with Gasteiger partial charge in [-0.15, -0.1) is 0 Å². The molecule has 25 heavy (non-hydrogen) atoms. The van der Waals surface area contributed by atoms with Crippen molar-refractivity contribution in [1.29, 1.82) is 0 Å². The molecule has 2 heterocycles. The highest BCUT2D eigenvalue weighted by Gasteiger charge is 2.44. The number of fused-ring (bicyclic) bond motifs is 1. The minimum Gasteiger partial charge on any atom is -0.475 e. The highest BCUT2D eigenvalue weighted by Crippen LogP contribution is 2.34. The van der Waals surface area contributed by atoms with Gasteiger partial charge in [-0.3, -0.25) is 4.90 Å². The van der Waals surface area contributed by atoms with Crippen LogP contribution >= 0.6 is 0 Å². The van der Waals surface area contributed by atoms with Crippen molar-refractivity contribution >= 4 is 12.4 Å². The van der Waals surface area contributed by atoms with E-state index in [9.17, 15) is 14.7 Å². The first-order valence-electron chi connectivity index (χ1n) is 8.48. The van der Waals surface area contributed by atoms with Gasteiger partial charge in [0.2, 0.25) is 5.88 Å². The zero-order valence-electron chi connectivity index (χ0n) is 15.0. The predicted octanol–water partition coefficient (Wildman–Crippen LogP) is 2.11. The second-order valence-electron chi connectivity index (χ2n) is 7.26. The molecular formula is C18H24N2O5. The van der Waals surface area contributed by atoms with Crippen LogP contribution in [0.4, 0.5) is 4.79 Å². The van der Waals surface area contributed by atoms with E-state index in [0.717, 1.165) is 35.1 Å². The summed E-state index contributed by atoms with van der Waals surface area (Å²) < 4.78 is 11.5. The Hall–Kier alpha value is -2.15. The molecule has 1 amide bonds. The summed E-state index contributed by atoms with van der Waals surface area (Å²) in [4.78, 5) is 28.5. The molecule has 0 aromatic carbocycles. The number of aldehydes is 1. The van der Waals surface area contributed by atoms with Crippen LogP contribution in [-0.2, 0) is 22.4 Å². The number of carbonyl (C=O) groups excluding carboxylic acids is 1. The molecule has 3 rings (SSSR count). The predicted molar refractivity (Wildman–Crippen MR) is 89.9 cm³/mol. The molecule has 0 bridgehead atoms. The minimum absolute atomic E-state index is 0.0102. The van der Waals surface area contributed by atoms with Crippen molar-refractivity contribution < 1.29 is 24.2 Å². The van der Waals surface area contributed by atoms with Gasteiger partial charge in [-0.25, -0.2) is 9.78 Å². The molecular weight excluding hydrogens is 324 g/mol. The summed E-state index contributed by atoms with van der Waals surface area (Å²) in [5.41, 5.74) is 3.22. The summed E-state index contributed by atoms with van der Waals surface area (Å²) in [6, 6.07) is -0.384. The summed E-state index contributed by atoms with van der Waals surface area (Å²) in [5, 5.41) is 9.44. The van der Waals surface area contributed by atoms with Gasteiger partial charge in [0.1, 0.15) is 18.6 Å². The van der Waals surface area contributed by atoms with Crippen molar-refractivity contribution in [3.8, 4) is 5.88 Å². The molecule has 2 aliphatic rings. The highest BCUT2D eigenvalue weighted by atomic mass is 16.5. The van der Waals surface area contributed by atoms with Crippen LogP contribution in [0.1, 0.15) is 36.2 Å². The van der Waals surface area contributed by atoms with Crippen LogP contribution in [0.2, 0.25) is 0 Å². The topological polar surface area (TPSA) is 89.0 Å². The van der Waals surface area contributed by atoms with Crippen LogP contribution in [0, 0.1) is 19.8 Å². The van der Waals surface area contributed by atoms with E-state index in [0.29, 0.717) is 12.3 Å². The van der Waals surface area contributed by atoms with Crippen molar-refractivity contribution in [2.75, 3.05) is 13.2 Å². The Morgan fingerprint density at radius 3 is 2.72 bits per heavy atom. The fourth-order valence-corrected chi connectivity index (χ4v) is 3.83. The third-order valence-corrected chi connectivity index (χ3v) is 5.16. The number of carboxylic acid groups (broad SMARTS) is 1. The van der Waals surface area contributed by atoms with Gasteiger partial charge in [-0.1, -0.05) is 0 Å². The number of pyridine rings is 1. The molecule has 2 atom stereocenters. The maximum atomic E-state index is 11.5. The van der Waals surface area contributed by atoms with E-state index in [2.05, 4.69) is 4.98 Å². The molecule has 1 unspecified atom stereocenters. The smallest absolute Gasteiger partial charge is 0.410 e. The number of amides is 1. The molecule has 1 fully saturated rings. The Morgan fingerprint density at radius 1 is 1.40 bits per heavy atom. The summed E-state index contributed by atoms with van der Waals surface area (Å²) in [6.45, 7) is 7.78. The van der Waals surface area contributed by atoms with Crippen molar-refractivity contribution in [3.63, 3.8) is 0 Å². The molecule has 1 aliphatic heterocycles. The average Bonchev–Trinajstić information content (AvgIpc) is 3.10. The van der Waals surface area contributed by atoms with Gasteiger partial charge < -0.3 is 19.4 Å². The molecule has 0 spiro atoms. The lowest BCUT2D eigenvalue weighted by Crippen LogP contribution is -2.49. The Morgan fingerprint density at radius 2 is 2.08 bits per heavy atom. The Bertz CT molecular complexity index is 716. The van der Waals surface area contributed by atoms with Crippen LogP contribution < -0.4 is 4.74 Å². The van der Waals surface area contributed by atoms with Gasteiger partial charge in [-0.2, -0.15) is 0 Å². The molecule has 0 saturated carbocycles. The fourth-order valence-electron chi connectivity index (χ4n) is 3.83. The lowest BCUT2D eigenvalue weighted by atomic mass is 10.0. The Kier molecular flexibility index (Phi) is 4.45. The molecule has 136 valence electrons. The summed E-state index contributed by atoms with van der Waals surface area (Å²) in [6.07, 6.45) is 1.42. The standard InChI is InChI=1S/C18H24N2O5/c1-10-14-5-12(7-21)6-15(14)11(2)19-16(10)24-8-13-9-25-18(3,4)20(13)17(22)23/h7,12-13H,5-6,8-9H2,1-4H3,(H,22,23)/t12?,13-/m0/s1. The lowest BCUT2D eigenvalue weighted by Gasteiger charge is -2.30. The molecule has 7 nitrogen and oxygen atoms in total. The maximum absolute atomic E-state index is 11.5. The second-order valence-corrected chi connectivity index (χ2v) is 7.26. The number of ether oxygens (including phenoxy) is 2. The van der Waals surface area contributed by atoms with Gasteiger partial charge in [0.15, 0.2) is 0 Å². The van der Waals surface area contributed by atoms with E-state index in [4.69, 9.17) is 9.47 Å². The average molecular weight is 348 g/mol. The third kappa shape index (κ3) is 3.08. The van der Waals surface area contributed by atoms with E-state index in [-0.39, 0.29) is 25.2 Å². The largest absolute Gasteiger partial charge is 0.475 e. The second kappa shape index (κ2) is 6.29. The first-order valence-corrected chi connectivity index (χ1v) is 8.48. The van der Waals surface area contributed by atoms with Crippen LogP contribution in [-0.4, -0.2) is 52.4 Å². The van der Waals surface area contributed by atoms with Gasteiger partial charge in [-0.05, 0) is 51.7 Å². The normalized spacial score (nSPS) is 24.2. The number of hydrogen-bond acceptors (Lipinski definition) is 5. The van der Waals surface area contributed by atoms with Crippen LogP contribution in [0.15, 0.2) is 0 Å². The first kappa shape index (κ1) is 17.7. The zero-order valence-corrected chi connectivity index (χ0v) is 15.0. The van der Waals surface area contributed by atoms with Crippen LogP contribution in [0.25, 0.3) is 0 Å². The molecule has 7 heteroatoms. The molecule has 1 aromatic heterocycles. The maximum Gasteiger partial charge on any atom is 0.410 e. The van der Waals surface area contributed by atoms with Gasteiger partial charge in [0, 0.05) is 17.2 Å². The quantitative estimate of drug-likeness (QED) is 0.838. The van der Waals surface area contributed by atoms with Gasteiger partial charge >= 0.3 is 6.09 Å². The third-order valence-electron chi connectivity index (χ3n) is 5.16. The number of rotatable bonds is 4. The molecule has 1 N–H and O–H groups in total. The minimum atomic E-state index is -1.03. The Balaban J connectivity index is 1.78. The Labute approximate surface area is 146 Å². The number of carbonyl (C=O) groups is 2. The van der Waals surface area contributed by atoms with E-state index < -0.39 is 11.8 Å². The first-order chi connectivity index (χ1) is 11.7. The van der Waals surface area contributed by atoms with Gasteiger partial charge in [0.05, 0.1) is 12.6 Å². The molecule has 0 radical (unpaired) electrons. The van der Waals surface area contributed by atoms with Gasteiger partial charge in [0.25, 0.3) is 0 Å². The molecule has 1 aliphatic carbocycles. The van der Waals surface area contributed by atoms with Crippen molar-refractivity contribution in [2.45, 2.75) is 52.3 Å². The van der Waals surface area contributed by atoms with Crippen LogP contribution in [0.5, 0.6) is 5.88 Å². The van der Waals surface area contributed by atoms with Crippen molar-refractivity contribution in [3.05, 3.63) is 22.4 Å². The highest BCUT2D eigenvalue weighted by molar-refractivity contribution is 5.66. The number of aryl methyl sites for hydroxylation is 1. The fraction of sp³-hybridized carbons (Fsp3) is 0.611. The zero-order chi connectivity index (χ0) is 18.4. The molecule has 1 aromatic rings. The van der Waals surface area contributed by atoms with Crippen LogP contribution in [0.3, 0.4) is 0 Å². The van der Waals surface area contributed by atoms with E-state index >= 15 is 0 Å². The summed E-state index contributed by atoms with van der Waals surface area (Å²) >= 11 is 0. The SMILES string of the molecule is Cc1nc(OC[C@H]2COC(C)(C)N2C(=O)O)c(C)c2c1CC(C=O)C2. The van der Waals surface area contributed by atoms with E-state index in [1.807, 2.05) is 13.8 Å². The van der Waals surface area contributed by atoms with E-state index in [1.165, 1.54) is 4.90 Å². The lowest BCUT2D eigenvalue weighted by molar-refractivity contribution is -0.110. The van der Waals surface area contributed by atoms with E-state index in [1.54, 1.807) is 13.8 Å². The van der Waals surface area contributed by atoms with Crippen molar-refractivity contribution in [1.82, 2.24) is 9.88 Å². The van der Waals surface area contributed by atoms with Crippen molar-refractivity contribution in [2.24, 2.45) is 5.92 Å². The number of aromatic nitrogens is 1. The summed E-state index contributed by atoms with van der Waals surface area (Å²) in [7, 11) is 0.